The molecule has 10 nitrogen and oxygen atoms in total. The van der Waals surface area contributed by atoms with Crippen LogP contribution in [-0.2, 0) is 4.79 Å². The third kappa shape index (κ3) is 4.93. The van der Waals surface area contributed by atoms with Crippen molar-refractivity contribution in [1.29, 1.82) is 0 Å². The predicted molar refractivity (Wildman–Crippen MR) is 107 cm³/mol. The van der Waals surface area contributed by atoms with Gasteiger partial charge in [0.15, 0.2) is 6.17 Å². The van der Waals surface area contributed by atoms with Crippen LogP contribution in [0.4, 0.5) is 10.1 Å². The number of anilines is 1. The molecule has 29 heavy (non-hydrogen) atoms. The van der Waals surface area contributed by atoms with Crippen molar-refractivity contribution < 1.29 is 9.18 Å². The molecule has 2 aliphatic heterocycles. The van der Waals surface area contributed by atoms with Gasteiger partial charge in [-0.3, -0.25) is 25.3 Å². The molecule has 0 saturated carbocycles. The van der Waals surface area contributed by atoms with Crippen LogP contribution in [-0.4, -0.2) is 67.6 Å². The summed E-state index contributed by atoms with van der Waals surface area (Å²) in [6.07, 6.45) is 0.316. The Kier molecular flexibility index (Phi) is 7.19. The van der Waals surface area contributed by atoms with Gasteiger partial charge in [-0.1, -0.05) is 12.1 Å². The maximum absolute atomic E-state index is 13.7. The van der Waals surface area contributed by atoms with Gasteiger partial charge in [0.25, 0.3) is 0 Å². The maximum Gasteiger partial charge on any atom is 0.234 e. The van der Waals surface area contributed by atoms with Gasteiger partial charge in [-0.15, -0.1) is 4.91 Å². The van der Waals surface area contributed by atoms with Crippen molar-refractivity contribution in [3.05, 3.63) is 28.9 Å². The van der Waals surface area contributed by atoms with Crippen molar-refractivity contribution in [2.24, 2.45) is 22.7 Å². The first-order chi connectivity index (χ1) is 13.9. The summed E-state index contributed by atoms with van der Waals surface area (Å²) in [6, 6.07) is 1.90. The van der Waals surface area contributed by atoms with Gasteiger partial charge in [0, 0.05) is 38.5 Å². The molecule has 0 bridgehead atoms. The predicted octanol–water partition coefficient (Wildman–Crippen LogP) is -0.286. The SMILES string of the molecule is CC1CNCNC1c1ccncc1NC(=O)C(C(N)N=O)C1NCC(F)CN1C. The highest BCUT2D eigenvalue weighted by atomic mass is 19.1. The lowest BCUT2D eigenvalue weighted by molar-refractivity contribution is -0.124. The van der Waals surface area contributed by atoms with Gasteiger partial charge in [0.05, 0.1) is 18.1 Å². The van der Waals surface area contributed by atoms with E-state index in [1.54, 1.807) is 24.3 Å². The van der Waals surface area contributed by atoms with E-state index in [0.29, 0.717) is 18.3 Å². The number of aromatic nitrogens is 1. The highest BCUT2D eigenvalue weighted by Crippen LogP contribution is 2.29. The van der Waals surface area contributed by atoms with E-state index >= 15 is 0 Å². The molecule has 2 aliphatic rings. The second-order valence-corrected chi connectivity index (χ2v) is 7.75. The van der Waals surface area contributed by atoms with E-state index in [2.05, 4.69) is 38.4 Å². The molecule has 2 fully saturated rings. The van der Waals surface area contributed by atoms with Gasteiger partial charge in [0.2, 0.25) is 5.91 Å². The Morgan fingerprint density at radius 1 is 1.45 bits per heavy atom. The molecule has 6 atom stereocenters. The topological polar surface area (TPSA) is 137 Å². The van der Waals surface area contributed by atoms with Gasteiger partial charge in [-0.05, 0) is 24.6 Å². The maximum atomic E-state index is 13.7. The number of pyridine rings is 1. The Morgan fingerprint density at radius 3 is 2.93 bits per heavy atom. The lowest BCUT2D eigenvalue weighted by Gasteiger charge is -2.40. The second-order valence-electron chi connectivity index (χ2n) is 7.75. The van der Waals surface area contributed by atoms with Crippen LogP contribution in [0.1, 0.15) is 18.5 Å². The summed E-state index contributed by atoms with van der Waals surface area (Å²) in [7, 11) is 1.68. The molecule has 0 spiro atoms. The lowest BCUT2D eigenvalue weighted by atomic mass is 9.92. The summed E-state index contributed by atoms with van der Waals surface area (Å²) in [6.45, 7) is 3.84. The quantitative estimate of drug-likeness (QED) is 0.405. The minimum Gasteiger partial charge on any atom is -0.324 e. The van der Waals surface area contributed by atoms with Crippen LogP contribution < -0.4 is 27.0 Å². The molecule has 3 heterocycles. The molecule has 0 aromatic carbocycles. The summed E-state index contributed by atoms with van der Waals surface area (Å²) in [4.78, 5) is 30.1. The van der Waals surface area contributed by atoms with Crippen molar-refractivity contribution in [3.63, 3.8) is 0 Å². The monoisotopic (exact) mass is 408 g/mol. The molecule has 1 aromatic rings. The van der Waals surface area contributed by atoms with Crippen molar-refractivity contribution >= 4 is 11.6 Å². The Labute approximate surface area is 169 Å². The van der Waals surface area contributed by atoms with Crippen LogP contribution >= 0.6 is 0 Å². The number of hydrogen-bond acceptors (Lipinski definition) is 9. The molecule has 11 heteroatoms. The molecule has 0 radical (unpaired) electrons. The summed E-state index contributed by atoms with van der Waals surface area (Å²) < 4.78 is 13.7. The number of amides is 1. The Morgan fingerprint density at radius 2 is 2.24 bits per heavy atom. The number of nitrogens with two attached hydrogens (primary N) is 1. The third-order valence-electron chi connectivity index (χ3n) is 5.57. The van der Waals surface area contributed by atoms with Crippen LogP contribution in [0.2, 0.25) is 0 Å². The molecule has 3 rings (SSSR count). The highest BCUT2D eigenvalue weighted by molar-refractivity contribution is 5.94. The van der Waals surface area contributed by atoms with Crippen LogP contribution in [0.3, 0.4) is 0 Å². The number of hydrogen-bond donors (Lipinski definition) is 5. The molecule has 1 amide bonds. The number of carbonyl (C=O) groups excluding carboxylic acids is 1. The second kappa shape index (κ2) is 9.63. The van der Waals surface area contributed by atoms with E-state index in [4.69, 9.17) is 5.73 Å². The van der Waals surface area contributed by atoms with Crippen LogP contribution in [0.25, 0.3) is 0 Å². The van der Waals surface area contributed by atoms with E-state index < -0.39 is 30.3 Å². The van der Waals surface area contributed by atoms with E-state index in [1.165, 1.54) is 0 Å². The van der Waals surface area contributed by atoms with Gasteiger partial charge >= 0.3 is 0 Å². The number of alkyl halides is 1. The molecule has 1 aromatic heterocycles. The number of nitrogens with zero attached hydrogens (tertiary/aromatic N) is 3. The molecular formula is C18H29FN8O2. The van der Waals surface area contributed by atoms with Gasteiger partial charge in [-0.2, -0.15) is 0 Å². The minimum atomic E-state index is -1.28. The smallest absolute Gasteiger partial charge is 0.234 e. The summed E-state index contributed by atoms with van der Waals surface area (Å²) >= 11 is 0. The zero-order chi connectivity index (χ0) is 21.0. The normalized spacial score (nSPS) is 30.3. The van der Waals surface area contributed by atoms with E-state index in [-0.39, 0.29) is 19.1 Å². The fraction of sp³-hybridized carbons (Fsp3) is 0.667. The van der Waals surface area contributed by atoms with E-state index in [1.807, 2.05) is 6.07 Å². The molecule has 6 unspecified atom stereocenters. The van der Waals surface area contributed by atoms with Crippen molar-refractivity contribution in [2.75, 3.05) is 38.7 Å². The van der Waals surface area contributed by atoms with Crippen LogP contribution in [0.5, 0.6) is 0 Å². The molecule has 6 N–H and O–H groups in total. The van der Waals surface area contributed by atoms with Crippen molar-refractivity contribution in [3.8, 4) is 0 Å². The summed E-state index contributed by atoms with van der Waals surface area (Å²) in [5.74, 6) is -1.16. The van der Waals surface area contributed by atoms with Crippen molar-refractivity contribution in [1.82, 2.24) is 25.8 Å². The van der Waals surface area contributed by atoms with Crippen LogP contribution in [0.15, 0.2) is 23.6 Å². The highest BCUT2D eigenvalue weighted by Gasteiger charge is 2.40. The first kappa shape index (κ1) is 21.7. The molecule has 0 aliphatic carbocycles. The largest absolute Gasteiger partial charge is 0.324 e. The standard InChI is InChI=1S/C18H29FN8O2/c1-10-5-22-9-24-15(10)12-3-4-21-7-13(12)25-18(28)14(16(20)26-29)17-23-6-11(19)8-27(17)2/h3-4,7,10-11,14-17,22-24H,5-6,8-9,20H2,1-2H3,(H,25,28). The Balaban J connectivity index is 1.82. The van der Waals surface area contributed by atoms with Gasteiger partial charge < -0.3 is 16.4 Å². The Bertz CT molecular complexity index is 723. The average Bonchev–Trinajstić information content (AvgIpc) is 2.70. The first-order valence-electron chi connectivity index (χ1n) is 9.77. The minimum absolute atomic E-state index is 0.0358. The summed E-state index contributed by atoms with van der Waals surface area (Å²) in [5.41, 5.74) is 7.32. The third-order valence-corrected chi connectivity index (χ3v) is 5.57. The first-order valence-corrected chi connectivity index (χ1v) is 9.77. The number of rotatable bonds is 6. The van der Waals surface area contributed by atoms with E-state index in [9.17, 15) is 14.1 Å². The summed E-state index contributed by atoms with van der Waals surface area (Å²) in [5, 5.41) is 15.4. The van der Waals surface area contributed by atoms with Crippen molar-refractivity contribution in [2.45, 2.75) is 31.5 Å². The number of halogens is 1. The lowest BCUT2D eigenvalue weighted by Crippen LogP contribution is -2.62. The fourth-order valence-electron chi connectivity index (χ4n) is 4.06. The number of nitrogens with one attached hydrogen (secondary N) is 4. The van der Waals surface area contributed by atoms with E-state index in [0.717, 1.165) is 12.1 Å². The van der Waals surface area contributed by atoms with Crippen LogP contribution in [0, 0.1) is 16.7 Å². The molecule has 160 valence electrons. The zero-order valence-corrected chi connectivity index (χ0v) is 16.6. The molecular weight excluding hydrogens is 379 g/mol. The Hall–Kier alpha value is -2.05. The fourth-order valence-corrected chi connectivity index (χ4v) is 4.06. The zero-order valence-electron chi connectivity index (χ0n) is 16.6. The number of nitroso groups, excluding NO2 is 1. The van der Waals surface area contributed by atoms with Gasteiger partial charge in [0.1, 0.15) is 12.1 Å². The van der Waals surface area contributed by atoms with Gasteiger partial charge in [-0.25, -0.2) is 4.39 Å². The average molecular weight is 408 g/mol. The molecule has 2 saturated heterocycles. The number of carbonyl (C=O) groups is 1.